The molecule has 3 aromatic rings. The van der Waals surface area contributed by atoms with Gasteiger partial charge in [0.1, 0.15) is 0 Å². The fourth-order valence-electron chi connectivity index (χ4n) is 5.17. The number of benzene rings is 1. The maximum atomic E-state index is 12.9. The minimum absolute atomic E-state index is 0.112. The second kappa shape index (κ2) is 9.10. The minimum Gasteiger partial charge on any atom is -0.342 e. The van der Waals surface area contributed by atoms with Crippen LogP contribution in [-0.4, -0.2) is 34.1 Å². The average molecular weight is 505 g/mol. The van der Waals surface area contributed by atoms with Crippen LogP contribution in [0.1, 0.15) is 52.3 Å². The second-order valence-corrected chi connectivity index (χ2v) is 9.97. The number of nitrogens with zero attached hydrogens (tertiary/aromatic N) is 3. The van der Waals surface area contributed by atoms with Gasteiger partial charge in [0.15, 0.2) is 0 Å². The smallest absolute Gasteiger partial charge is 0.227 e. The number of hydrogen-bond acceptors (Lipinski definition) is 3. The van der Waals surface area contributed by atoms with Crippen LogP contribution in [0.4, 0.5) is 0 Å². The third-order valence-corrected chi connectivity index (χ3v) is 7.23. The summed E-state index contributed by atoms with van der Waals surface area (Å²) in [5, 5.41) is 9.61. The van der Waals surface area contributed by atoms with E-state index in [1.54, 1.807) is 18.5 Å². The number of fused-ring (bicyclic) bond motifs is 2. The zero-order valence-electron chi connectivity index (χ0n) is 18.6. The molecule has 1 fully saturated rings. The highest BCUT2D eigenvalue weighted by atomic mass is 79.9. The molecule has 1 atom stereocenters. The number of amides is 1. The van der Waals surface area contributed by atoms with Crippen LogP contribution in [0.25, 0.3) is 12.2 Å². The van der Waals surface area contributed by atoms with Gasteiger partial charge in [-0.25, -0.2) is 0 Å². The van der Waals surface area contributed by atoms with Crippen molar-refractivity contribution in [2.75, 3.05) is 13.1 Å². The summed E-state index contributed by atoms with van der Waals surface area (Å²) in [5.74, 6) is 0.734. The van der Waals surface area contributed by atoms with Crippen LogP contribution in [0.5, 0.6) is 0 Å². The molecule has 6 heteroatoms. The molecule has 1 unspecified atom stereocenters. The lowest BCUT2D eigenvalue weighted by molar-refractivity contribution is -0.905. The number of piperidine rings is 1. The molecule has 0 saturated carbocycles. The quantitative estimate of drug-likeness (QED) is 0.412. The van der Waals surface area contributed by atoms with E-state index in [1.165, 1.54) is 16.7 Å². The summed E-state index contributed by atoms with van der Waals surface area (Å²) in [5.41, 5.74) is 6.93. The highest BCUT2D eigenvalue weighted by Gasteiger charge is 2.34. The molecule has 1 saturated heterocycles. The number of aryl methyl sites for hydroxylation is 1. The molecule has 2 aromatic heterocycles. The van der Waals surface area contributed by atoms with Crippen LogP contribution < -0.4 is 4.73 Å². The van der Waals surface area contributed by atoms with Gasteiger partial charge in [-0.3, -0.25) is 15.0 Å². The molecule has 3 heterocycles. The standard InChI is InChI=1S/C27H27BrN3O2/c1-18-4-7-24-21(13-18)5-6-22-15-23(28)16-29-27(22)26(24)20-8-11-30(12-9-20)25(32)14-19-3-2-10-31(33)17-19/h2-7,10,13,15-17,20,26,33H,8-9,11-12,14H2,1H3/q+1. The first kappa shape index (κ1) is 21.8. The molecule has 0 bridgehead atoms. The molecule has 1 N–H and O–H groups in total. The van der Waals surface area contributed by atoms with Gasteiger partial charge >= 0.3 is 0 Å². The van der Waals surface area contributed by atoms with Crippen LogP contribution >= 0.6 is 15.9 Å². The fourth-order valence-corrected chi connectivity index (χ4v) is 5.52. The summed E-state index contributed by atoms with van der Waals surface area (Å²) in [7, 11) is 0. The second-order valence-electron chi connectivity index (χ2n) is 9.06. The number of aromatic nitrogens is 2. The van der Waals surface area contributed by atoms with Crippen molar-refractivity contribution in [2.24, 2.45) is 5.92 Å². The molecule has 0 radical (unpaired) electrons. The van der Waals surface area contributed by atoms with Crippen molar-refractivity contribution in [3.05, 3.63) is 93.0 Å². The lowest BCUT2D eigenvalue weighted by atomic mass is 9.76. The third kappa shape index (κ3) is 4.58. The highest BCUT2D eigenvalue weighted by molar-refractivity contribution is 9.10. The lowest BCUT2D eigenvalue weighted by Crippen LogP contribution is -2.41. The minimum atomic E-state index is 0.112. The Morgan fingerprint density at radius 2 is 1.97 bits per heavy atom. The number of rotatable bonds is 3. The fraction of sp³-hybridized carbons (Fsp3) is 0.296. The van der Waals surface area contributed by atoms with Gasteiger partial charge in [-0.2, -0.15) is 0 Å². The molecule has 1 amide bonds. The van der Waals surface area contributed by atoms with Crippen molar-refractivity contribution >= 4 is 34.0 Å². The molecule has 168 valence electrons. The van der Waals surface area contributed by atoms with E-state index in [-0.39, 0.29) is 11.8 Å². The summed E-state index contributed by atoms with van der Waals surface area (Å²) in [4.78, 5) is 19.7. The molecule has 1 aliphatic heterocycles. The Kier molecular flexibility index (Phi) is 6.02. The van der Waals surface area contributed by atoms with Gasteiger partial charge in [0.2, 0.25) is 18.3 Å². The largest absolute Gasteiger partial charge is 0.342 e. The van der Waals surface area contributed by atoms with Crippen LogP contribution in [0.3, 0.4) is 0 Å². The maximum absolute atomic E-state index is 12.9. The Labute approximate surface area is 202 Å². The van der Waals surface area contributed by atoms with Gasteiger partial charge in [0.05, 0.1) is 12.1 Å². The predicted molar refractivity (Wildman–Crippen MR) is 131 cm³/mol. The van der Waals surface area contributed by atoms with Gasteiger partial charge < -0.3 is 4.90 Å². The Hall–Kier alpha value is -2.99. The van der Waals surface area contributed by atoms with E-state index in [2.05, 4.69) is 59.3 Å². The maximum Gasteiger partial charge on any atom is 0.227 e. The number of likely N-dealkylation sites (tertiary alicyclic amines) is 1. The Morgan fingerprint density at radius 1 is 1.18 bits per heavy atom. The molecular formula is C27H27BrN3O2+. The molecular weight excluding hydrogens is 478 g/mol. The van der Waals surface area contributed by atoms with E-state index in [0.29, 0.717) is 12.3 Å². The van der Waals surface area contributed by atoms with Crippen LogP contribution in [0.15, 0.2) is 59.5 Å². The van der Waals surface area contributed by atoms with Crippen molar-refractivity contribution in [2.45, 2.75) is 32.1 Å². The highest BCUT2D eigenvalue weighted by Crippen LogP contribution is 2.43. The number of halogens is 1. The van der Waals surface area contributed by atoms with Gasteiger partial charge in [0, 0.05) is 46.0 Å². The van der Waals surface area contributed by atoms with Crippen LogP contribution in [-0.2, 0) is 11.2 Å². The normalized spacial score (nSPS) is 17.9. The van der Waals surface area contributed by atoms with Gasteiger partial charge in [-0.1, -0.05) is 35.9 Å². The van der Waals surface area contributed by atoms with Gasteiger partial charge in [-0.15, -0.1) is 0 Å². The van der Waals surface area contributed by atoms with Crippen molar-refractivity contribution in [1.29, 1.82) is 0 Å². The monoisotopic (exact) mass is 504 g/mol. The van der Waals surface area contributed by atoms with Gasteiger partial charge in [-0.05, 0) is 70.4 Å². The molecule has 5 rings (SSSR count). The van der Waals surface area contributed by atoms with Crippen molar-refractivity contribution < 1.29 is 14.7 Å². The SMILES string of the molecule is Cc1ccc2c(c1)C=Cc1cc(Br)cnc1C2C1CCN(C(=O)Cc2ccc[n+](O)c2)CC1. The van der Waals surface area contributed by atoms with E-state index in [0.717, 1.165) is 52.0 Å². The zero-order valence-corrected chi connectivity index (χ0v) is 20.2. The summed E-state index contributed by atoms with van der Waals surface area (Å²) < 4.78 is 1.98. The first-order valence-electron chi connectivity index (χ1n) is 11.4. The summed E-state index contributed by atoms with van der Waals surface area (Å²) in [6.07, 6.45) is 11.6. The number of pyridine rings is 2. The topological polar surface area (TPSA) is 57.3 Å². The number of carbonyl (C=O) groups excluding carboxylic acids is 1. The van der Waals surface area contributed by atoms with E-state index < -0.39 is 0 Å². The van der Waals surface area contributed by atoms with Gasteiger partial charge in [0.25, 0.3) is 0 Å². The first-order valence-corrected chi connectivity index (χ1v) is 12.2. The summed E-state index contributed by atoms with van der Waals surface area (Å²) >= 11 is 3.58. The lowest BCUT2D eigenvalue weighted by Gasteiger charge is -2.37. The summed E-state index contributed by atoms with van der Waals surface area (Å²) in [6.45, 7) is 3.62. The Balaban J connectivity index is 1.38. The third-order valence-electron chi connectivity index (χ3n) is 6.80. The number of carbonyl (C=O) groups is 1. The summed E-state index contributed by atoms with van der Waals surface area (Å²) in [6, 6.07) is 12.5. The number of hydrogen-bond donors (Lipinski definition) is 1. The average Bonchev–Trinajstić information content (AvgIpc) is 2.95. The molecule has 5 nitrogen and oxygen atoms in total. The van der Waals surface area contributed by atoms with E-state index in [4.69, 9.17) is 4.98 Å². The van der Waals surface area contributed by atoms with Crippen molar-refractivity contribution in [3.63, 3.8) is 0 Å². The van der Waals surface area contributed by atoms with E-state index in [1.807, 2.05) is 17.2 Å². The first-order chi connectivity index (χ1) is 16.0. The molecule has 2 aliphatic rings. The Bertz CT molecular complexity index is 1180. The molecule has 1 aromatic carbocycles. The van der Waals surface area contributed by atoms with E-state index >= 15 is 0 Å². The van der Waals surface area contributed by atoms with Crippen molar-refractivity contribution in [1.82, 2.24) is 9.88 Å². The Morgan fingerprint density at radius 3 is 2.76 bits per heavy atom. The molecule has 33 heavy (non-hydrogen) atoms. The predicted octanol–water partition coefficient (Wildman–Crippen LogP) is 4.77. The van der Waals surface area contributed by atoms with Crippen LogP contribution in [0, 0.1) is 12.8 Å². The zero-order chi connectivity index (χ0) is 22.9. The van der Waals surface area contributed by atoms with E-state index in [9.17, 15) is 10.0 Å². The van der Waals surface area contributed by atoms with Crippen molar-refractivity contribution in [3.8, 4) is 0 Å². The molecule has 0 spiro atoms. The van der Waals surface area contributed by atoms with Crippen LogP contribution in [0.2, 0.25) is 0 Å². The molecule has 1 aliphatic carbocycles.